The largest absolute Gasteiger partial charge is 0.479 e. The highest BCUT2D eigenvalue weighted by Crippen LogP contribution is 2.37. The average Bonchev–Trinajstić information content (AvgIpc) is 2.02. The van der Waals surface area contributed by atoms with E-state index in [1.807, 2.05) is 0 Å². The van der Waals surface area contributed by atoms with Crippen molar-refractivity contribution in [3.05, 3.63) is 0 Å². The van der Waals surface area contributed by atoms with Crippen molar-refractivity contribution < 1.29 is 24.5 Å². The maximum absolute atomic E-state index is 10.8. The molecule has 0 atom stereocenters. The highest BCUT2D eigenvalue weighted by Gasteiger charge is 2.52. The van der Waals surface area contributed by atoms with Gasteiger partial charge >= 0.3 is 5.97 Å². The molecule has 5 nitrogen and oxygen atoms in total. The maximum atomic E-state index is 10.8. The third kappa shape index (κ3) is 1.99. The van der Waals surface area contributed by atoms with Gasteiger partial charge < -0.3 is 19.7 Å². The first-order chi connectivity index (χ1) is 6.14. The average molecular weight is 190 g/mol. The predicted octanol–water partition coefficient (Wildman–Crippen LogP) is -0.373. The molecule has 76 valence electrons. The molecule has 1 fully saturated rings. The molecular formula is C8H14O5. The van der Waals surface area contributed by atoms with Gasteiger partial charge in [-0.3, -0.25) is 0 Å². The fourth-order valence-electron chi connectivity index (χ4n) is 1.44. The Morgan fingerprint density at radius 2 is 2.23 bits per heavy atom. The number of aliphatic carboxylic acids is 1. The van der Waals surface area contributed by atoms with E-state index in [1.165, 1.54) is 0 Å². The van der Waals surface area contributed by atoms with Gasteiger partial charge in [0.2, 0.25) is 0 Å². The van der Waals surface area contributed by atoms with Crippen LogP contribution in [0.2, 0.25) is 0 Å². The first-order valence-corrected chi connectivity index (χ1v) is 4.15. The third-order valence-corrected chi connectivity index (χ3v) is 2.31. The molecule has 1 rings (SSSR count). The molecule has 0 bridgehead atoms. The Balaban J connectivity index is 2.45. The number of aliphatic hydroxyl groups is 1. The topological polar surface area (TPSA) is 76.0 Å². The van der Waals surface area contributed by atoms with Crippen molar-refractivity contribution in [1.82, 2.24) is 0 Å². The van der Waals surface area contributed by atoms with Crippen LogP contribution in [-0.2, 0) is 14.3 Å². The summed E-state index contributed by atoms with van der Waals surface area (Å²) in [6.45, 7) is -0.102. The lowest BCUT2D eigenvalue weighted by Gasteiger charge is -2.42. The van der Waals surface area contributed by atoms with Crippen LogP contribution in [0.1, 0.15) is 12.8 Å². The zero-order valence-electron chi connectivity index (χ0n) is 7.52. The van der Waals surface area contributed by atoms with Crippen LogP contribution < -0.4 is 0 Å². The number of hydrogen-bond acceptors (Lipinski definition) is 4. The summed E-state index contributed by atoms with van der Waals surface area (Å²) in [5.41, 5.74) is -1.12. The molecule has 0 spiro atoms. The number of methoxy groups -OCH3 is 1. The molecule has 0 radical (unpaired) electrons. The lowest BCUT2D eigenvalue weighted by molar-refractivity contribution is -0.201. The molecule has 0 heterocycles. The molecule has 5 heteroatoms. The summed E-state index contributed by atoms with van der Waals surface area (Å²) in [7, 11) is 1.54. The van der Waals surface area contributed by atoms with Crippen LogP contribution in [0.4, 0.5) is 0 Å². The van der Waals surface area contributed by atoms with Gasteiger partial charge in [0.05, 0.1) is 19.3 Å². The molecule has 1 aliphatic rings. The van der Waals surface area contributed by atoms with Crippen LogP contribution >= 0.6 is 0 Å². The van der Waals surface area contributed by atoms with Crippen LogP contribution in [0.25, 0.3) is 0 Å². The van der Waals surface area contributed by atoms with E-state index in [4.69, 9.17) is 19.7 Å². The second-order valence-electron chi connectivity index (χ2n) is 3.14. The highest BCUT2D eigenvalue weighted by atomic mass is 16.5. The van der Waals surface area contributed by atoms with E-state index >= 15 is 0 Å². The molecule has 13 heavy (non-hydrogen) atoms. The SMILES string of the molecule is COC1CC(OCCO)(C(=O)O)C1. The Morgan fingerprint density at radius 3 is 2.62 bits per heavy atom. The van der Waals surface area contributed by atoms with Gasteiger partial charge in [0, 0.05) is 20.0 Å². The fourth-order valence-corrected chi connectivity index (χ4v) is 1.44. The molecule has 0 unspecified atom stereocenters. The van der Waals surface area contributed by atoms with E-state index in [-0.39, 0.29) is 19.3 Å². The van der Waals surface area contributed by atoms with Crippen molar-refractivity contribution in [3.63, 3.8) is 0 Å². The minimum Gasteiger partial charge on any atom is -0.479 e. The van der Waals surface area contributed by atoms with Crippen LogP contribution in [0.5, 0.6) is 0 Å². The van der Waals surface area contributed by atoms with Crippen LogP contribution in [0.3, 0.4) is 0 Å². The number of carbonyl (C=O) groups is 1. The molecule has 0 saturated heterocycles. The van der Waals surface area contributed by atoms with Crippen molar-refractivity contribution in [3.8, 4) is 0 Å². The molecule has 0 aromatic carbocycles. The number of carboxylic acids is 1. The summed E-state index contributed by atoms with van der Waals surface area (Å²) < 4.78 is 10.0. The first-order valence-electron chi connectivity index (χ1n) is 4.15. The second kappa shape index (κ2) is 4.04. The van der Waals surface area contributed by atoms with Crippen LogP contribution in [0, 0.1) is 0 Å². The number of hydrogen-bond donors (Lipinski definition) is 2. The first kappa shape index (κ1) is 10.4. The Morgan fingerprint density at radius 1 is 1.62 bits per heavy atom. The highest BCUT2D eigenvalue weighted by molar-refractivity contribution is 5.79. The molecule has 1 aliphatic carbocycles. The molecule has 0 aromatic rings. The smallest absolute Gasteiger partial charge is 0.336 e. The summed E-state index contributed by atoms with van der Waals surface area (Å²) in [6, 6.07) is 0. The molecular weight excluding hydrogens is 176 g/mol. The Labute approximate surface area is 76.3 Å². The zero-order valence-corrected chi connectivity index (χ0v) is 7.52. The second-order valence-corrected chi connectivity index (χ2v) is 3.14. The normalized spacial score (nSPS) is 32.6. The maximum Gasteiger partial charge on any atom is 0.336 e. The van der Waals surface area contributed by atoms with E-state index in [0.29, 0.717) is 12.8 Å². The number of ether oxygens (including phenoxy) is 2. The number of aliphatic hydroxyl groups excluding tert-OH is 1. The van der Waals surface area contributed by atoms with Gasteiger partial charge in [-0.1, -0.05) is 0 Å². The quantitative estimate of drug-likeness (QED) is 0.618. The van der Waals surface area contributed by atoms with Crippen molar-refractivity contribution in [2.45, 2.75) is 24.5 Å². The summed E-state index contributed by atoms with van der Waals surface area (Å²) in [4.78, 5) is 10.8. The fraction of sp³-hybridized carbons (Fsp3) is 0.875. The summed E-state index contributed by atoms with van der Waals surface area (Å²) in [5.74, 6) is -0.978. The lowest BCUT2D eigenvalue weighted by Crippen LogP contribution is -2.56. The van der Waals surface area contributed by atoms with Crippen molar-refractivity contribution in [2.75, 3.05) is 20.3 Å². The van der Waals surface area contributed by atoms with Crippen molar-refractivity contribution in [1.29, 1.82) is 0 Å². The summed E-state index contributed by atoms with van der Waals surface area (Å²) in [5, 5.41) is 17.4. The van der Waals surface area contributed by atoms with E-state index in [9.17, 15) is 4.79 Å². The van der Waals surface area contributed by atoms with Crippen LogP contribution in [0.15, 0.2) is 0 Å². The molecule has 0 aromatic heterocycles. The van der Waals surface area contributed by atoms with Crippen molar-refractivity contribution in [2.24, 2.45) is 0 Å². The van der Waals surface area contributed by atoms with Crippen molar-refractivity contribution >= 4 is 5.97 Å². The third-order valence-electron chi connectivity index (χ3n) is 2.31. The van der Waals surface area contributed by atoms with E-state index in [0.717, 1.165) is 0 Å². The standard InChI is InChI=1S/C8H14O5/c1-12-6-4-8(5-6,7(10)11)13-3-2-9/h6,9H,2-5H2,1H3,(H,10,11). The van der Waals surface area contributed by atoms with Gasteiger partial charge in [-0.2, -0.15) is 0 Å². The molecule has 2 N–H and O–H groups in total. The minimum absolute atomic E-state index is 0.0326. The minimum atomic E-state index is -1.12. The van der Waals surface area contributed by atoms with Gasteiger partial charge in [0.25, 0.3) is 0 Å². The van der Waals surface area contributed by atoms with Gasteiger partial charge in [-0.25, -0.2) is 4.79 Å². The Kier molecular flexibility index (Phi) is 3.24. The van der Waals surface area contributed by atoms with Gasteiger partial charge in [0.15, 0.2) is 5.60 Å². The Bertz CT molecular complexity index is 179. The summed E-state index contributed by atoms with van der Waals surface area (Å²) in [6.07, 6.45) is 0.687. The molecule has 1 saturated carbocycles. The monoisotopic (exact) mass is 190 g/mol. The van der Waals surface area contributed by atoms with Gasteiger partial charge in [-0.05, 0) is 0 Å². The van der Waals surface area contributed by atoms with Gasteiger partial charge in [0.1, 0.15) is 0 Å². The van der Waals surface area contributed by atoms with E-state index < -0.39 is 11.6 Å². The van der Waals surface area contributed by atoms with E-state index in [2.05, 4.69) is 0 Å². The number of carboxylic acid groups (broad SMARTS) is 1. The molecule has 0 aliphatic heterocycles. The van der Waals surface area contributed by atoms with E-state index in [1.54, 1.807) is 7.11 Å². The van der Waals surface area contributed by atoms with Gasteiger partial charge in [-0.15, -0.1) is 0 Å². The predicted molar refractivity (Wildman–Crippen MR) is 43.4 cm³/mol. The zero-order chi connectivity index (χ0) is 9.90. The van der Waals surface area contributed by atoms with Crippen LogP contribution in [-0.4, -0.2) is 48.2 Å². The molecule has 0 amide bonds. The lowest BCUT2D eigenvalue weighted by atomic mass is 9.77. The number of rotatable bonds is 5. The Hall–Kier alpha value is -0.650. The summed E-state index contributed by atoms with van der Waals surface area (Å²) >= 11 is 0.